The van der Waals surface area contributed by atoms with Gasteiger partial charge in [-0.2, -0.15) is 5.26 Å². The number of sulfonamides is 1. The molecule has 24 heavy (non-hydrogen) atoms. The van der Waals surface area contributed by atoms with Crippen LogP contribution in [-0.2, 0) is 21.2 Å². The van der Waals surface area contributed by atoms with Crippen molar-refractivity contribution in [2.24, 2.45) is 0 Å². The summed E-state index contributed by atoms with van der Waals surface area (Å²) in [5, 5.41) is 11.4. The normalized spacial score (nSPS) is 10.8. The second-order valence-electron chi connectivity index (χ2n) is 5.06. The zero-order chi connectivity index (χ0) is 17.6. The standard InChI is InChI=1S/C17H17N3O3S/c1-2-13-4-3-5-15(10-13)20-17(21)12-19-24(22,23)16-8-6-14(11-18)7-9-16/h3-10,19H,2,12H2,1H3,(H,20,21). The lowest BCUT2D eigenvalue weighted by molar-refractivity contribution is -0.115. The zero-order valence-electron chi connectivity index (χ0n) is 13.1. The lowest BCUT2D eigenvalue weighted by Gasteiger charge is -2.09. The third kappa shape index (κ3) is 4.65. The number of nitriles is 1. The van der Waals surface area contributed by atoms with Gasteiger partial charge in [-0.25, -0.2) is 13.1 Å². The van der Waals surface area contributed by atoms with Crippen molar-refractivity contribution in [3.63, 3.8) is 0 Å². The first kappa shape index (κ1) is 17.7. The number of rotatable bonds is 6. The Hall–Kier alpha value is -2.69. The summed E-state index contributed by atoms with van der Waals surface area (Å²) in [6.45, 7) is 1.63. The molecule has 0 saturated carbocycles. The summed E-state index contributed by atoms with van der Waals surface area (Å²) in [4.78, 5) is 11.9. The van der Waals surface area contributed by atoms with Gasteiger partial charge in [0.2, 0.25) is 15.9 Å². The number of carbonyl (C=O) groups excluding carboxylic acids is 1. The van der Waals surface area contributed by atoms with Gasteiger partial charge in [0.15, 0.2) is 0 Å². The van der Waals surface area contributed by atoms with E-state index in [-0.39, 0.29) is 11.4 Å². The van der Waals surface area contributed by atoms with Crippen LogP contribution in [0.5, 0.6) is 0 Å². The van der Waals surface area contributed by atoms with Gasteiger partial charge in [-0.05, 0) is 48.4 Å². The number of carbonyl (C=O) groups is 1. The Morgan fingerprint density at radius 2 is 1.88 bits per heavy atom. The van der Waals surface area contributed by atoms with E-state index in [0.717, 1.165) is 12.0 Å². The minimum Gasteiger partial charge on any atom is -0.325 e. The van der Waals surface area contributed by atoms with Gasteiger partial charge in [0.25, 0.3) is 0 Å². The molecule has 0 aliphatic rings. The van der Waals surface area contributed by atoms with Crippen molar-refractivity contribution in [3.05, 3.63) is 59.7 Å². The van der Waals surface area contributed by atoms with Crippen LogP contribution in [0.3, 0.4) is 0 Å². The Bertz CT molecular complexity index is 869. The van der Waals surface area contributed by atoms with Gasteiger partial charge in [0.1, 0.15) is 0 Å². The van der Waals surface area contributed by atoms with Crippen LogP contribution < -0.4 is 10.0 Å². The second-order valence-corrected chi connectivity index (χ2v) is 6.83. The minimum atomic E-state index is -3.81. The molecule has 2 N–H and O–H groups in total. The predicted octanol–water partition coefficient (Wildman–Crippen LogP) is 2.04. The van der Waals surface area contributed by atoms with E-state index in [1.807, 2.05) is 31.2 Å². The summed E-state index contributed by atoms with van der Waals surface area (Å²) in [6, 6.07) is 14.7. The molecule has 124 valence electrons. The zero-order valence-corrected chi connectivity index (χ0v) is 13.9. The molecule has 0 radical (unpaired) electrons. The number of nitrogens with one attached hydrogen (secondary N) is 2. The number of benzene rings is 2. The van der Waals surface area contributed by atoms with Crippen LogP contribution in [0.1, 0.15) is 18.1 Å². The summed E-state index contributed by atoms with van der Waals surface area (Å²) in [7, 11) is -3.81. The quantitative estimate of drug-likeness (QED) is 0.838. The van der Waals surface area contributed by atoms with E-state index in [1.165, 1.54) is 24.3 Å². The number of aryl methyl sites for hydroxylation is 1. The summed E-state index contributed by atoms with van der Waals surface area (Å²) in [5.41, 5.74) is 2.06. The lowest BCUT2D eigenvalue weighted by atomic mass is 10.1. The Labute approximate surface area is 141 Å². The highest BCUT2D eigenvalue weighted by Gasteiger charge is 2.15. The summed E-state index contributed by atoms with van der Waals surface area (Å²) in [6.07, 6.45) is 0.842. The third-order valence-corrected chi connectivity index (χ3v) is 4.75. The fourth-order valence-electron chi connectivity index (χ4n) is 2.03. The lowest BCUT2D eigenvalue weighted by Crippen LogP contribution is -2.32. The SMILES string of the molecule is CCc1cccc(NC(=O)CNS(=O)(=O)c2ccc(C#N)cc2)c1. The van der Waals surface area contributed by atoms with Gasteiger partial charge in [0, 0.05) is 5.69 Å². The first-order valence-electron chi connectivity index (χ1n) is 7.33. The molecule has 0 aliphatic heterocycles. The van der Waals surface area contributed by atoms with Gasteiger partial charge in [-0.15, -0.1) is 0 Å². The molecule has 6 nitrogen and oxygen atoms in total. The highest BCUT2D eigenvalue weighted by molar-refractivity contribution is 7.89. The van der Waals surface area contributed by atoms with E-state index in [4.69, 9.17) is 5.26 Å². The third-order valence-electron chi connectivity index (χ3n) is 3.34. The monoisotopic (exact) mass is 343 g/mol. The summed E-state index contributed by atoms with van der Waals surface area (Å²) < 4.78 is 26.5. The Balaban J connectivity index is 1.98. The maximum absolute atomic E-state index is 12.1. The fourth-order valence-corrected chi connectivity index (χ4v) is 3.01. The van der Waals surface area contributed by atoms with Crippen LogP contribution in [0.15, 0.2) is 53.4 Å². The predicted molar refractivity (Wildman–Crippen MR) is 90.8 cm³/mol. The molecule has 0 atom stereocenters. The van der Waals surface area contributed by atoms with Gasteiger partial charge < -0.3 is 5.32 Å². The molecule has 0 unspecified atom stereocenters. The van der Waals surface area contributed by atoms with E-state index < -0.39 is 15.9 Å². The van der Waals surface area contributed by atoms with Crippen LogP contribution in [0.2, 0.25) is 0 Å². The number of hydrogen-bond acceptors (Lipinski definition) is 4. The molecule has 0 aromatic heterocycles. The second kappa shape index (κ2) is 7.73. The van der Waals surface area contributed by atoms with Crippen LogP contribution >= 0.6 is 0 Å². The van der Waals surface area contributed by atoms with Crippen LogP contribution in [0, 0.1) is 11.3 Å². The van der Waals surface area contributed by atoms with Gasteiger partial charge in [0.05, 0.1) is 23.1 Å². The van der Waals surface area contributed by atoms with E-state index in [9.17, 15) is 13.2 Å². The van der Waals surface area contributed by atoms with Crippen molar-refractivity contribution in [2.45, 2.75) is 18.2 Å². The fraction of sp³-hybridized carbons (Fsp3) is 0.176. The number of anilines is 1. The van der Waals surface area contributed by atoms with E-state index >= 15 is 0 Å². The molecule has 7 heteroatoms. The summed E-state index contributed by atoms with van der Waals surface area (Å²) in [5.74, 6) is -0.458. The average Bonchev–Trinajstić information content (AvgIpc) is 2.60. The Kier molecular flexibility index (Phi) is 5.68. The highest BCUT2D eigenvalue weighted by Crippen LogP contribution is 2.12. The van der Waals surface area contributed by atoms with Gasteiger partial charge in [-0.3, -0.25) is 4.79 Å². The van der Waals surface area contributed by atoms with Crippen molar-refractivity contribution < 1.29 is 13.2 Å². The molecular weight excluding hydrogens is 326 g/mol. The molecule has 2 aromatic rings. The molecule has 0 saturated heterocycles. The van der Waals surface area contributed by atoms with Crippen molar-refractivity contribution in [3.8, 4) is 6.07 Å². The number of amides is 1. The molecular formula is C17H17N3O3S. The Morgan fingerprint density at radius 1 is 1.17 bits per heavy atom. The van der Waals surface area contributed by atoms with Gasteiger partial charge in [-0.1, -0.05) is 19.1 Å². The first-order chi connectivity index (χ1) is 11.4. The van der Waals surface area contributed by atoms with Crippen molar-refractivity contribution in [1.29, 1.82) is 5.26 Å². The maximum Gasteiger partial charge on any atom is 0.241 e. The van der Waals surface area contributed by atoms with Gasteiger partial charge >= 0.3 is 0 Å². The number of nitrogens with zero attached hydrogens (tertiary/aromatic N) is 1. The van der Waals surface area contributed by atoms with Crippen molar-refractivity contribution >= 4 is 21.6 Å². The smallest absolute Gasteiger partial charge is 0.241 e. The topological polar surface area (TPSA) is 99.1 Å². The van der Waals surface area contributed by atoms with Crippen molar-refractivity contribution in [1.82, 2.24) is 4.72 Å². The molecule has 0 spiro atoms. The average molecular weight is 343 g/mol. The Morgan fingerprint density at radius 3 is 2.50 bits per heavy atom. The molecule has 0 fully saturated rings. The summed E-state index contributed by atoms with van der Waals surface area (Å²) >= 11 is 0. The molecule has 1 amide bonds. The van der Waals surface area contributed by atoms with Crippen LogP contribution in [0.25, 0.3) is 0 Å². The molecule has 0 aliphatic carbocycles. The maximum atomic E-state index is 12.1. The molecule has 0 heterocycles. The first-order valence-corrected chi connectivity index (χ1v) is 8.81. The molecule has 0 bridgehead atoms. The van der Waals surface area contributed by atoms with E-state index in [2.05, 4.69) is 10.0 Å². The van der Waals surface area contributed by atoms with E-state index in [1.54, 1.807) is 6.07 Å². The molecule has 2 rings (SSSR count). The minimum absolute atomic E-state index is 0.00211. The molecule has 2 aromatic carbocycles. The van der Waals surface area contributed by atoms with Crippen LogP contribution in [0.4, 0.5) is 5.69 Å². The van der Waals surface area contributed by atoms with E-state index in [0.29, 0.717) is 11.3 Å². The highest BCUT2D eigenvalue weighted by atomic mass is 32.2. The largest absolute Gasteiger partial charge is 0.325 e. The van der Waals surface area contributed by atoms with Crippen molar-refractivity contribution in [2.75, 3.05) is 11.9 Å². The van der Waals surface area contributed by atoms with Crippen LogP contribution in [-0.4, -0.2) is 20.9 Å². The number of hydrogen-bond donors (Lipinski definition) is 2.